The van der Waals surface area contributed by atoms with E-state index < -0.39 is 0 Å². The third-order valence-corrected chi connectivity index (χ3v) is 4.51. The Labute approximate surface area is 105 Å². The summed E-state index contributed by atoms with van der Waals surface area (Å²) in [6.07, 6.45) is 6.84. The van der Waals surface area contributed by atoms with Gasteiger partial charge < -0.3 is 5.32 Å². The molecule has 1 N–H and O–H groups in total. The third-order valence-electron chi connectivity index (χ3n) is 3.60. The van der Waals surface area contributed by atoms with Crippen molar-refractivity contribution in [2.75, 3.05) is 5.32 Å². The zero-order valence-electron chi connectivity index (χ0n) is 10.0. The van der Waals surface area contributed by atoms with Crippen molar-refractivity contribution in [1.29, 1.82) is 0 Å². The molecule has 0 aliphatic heterocycles. The number of anilines is 1. The third kappa shape index (κ3) is 2.27. The first kappa shape index (κ1) is 11.0. The molecular weight excluding hydrogens is 230 g/mol. The highest BCUT2D eigenvalue weighted by atomic mass is 32.1. The molecule has 1 saturated carbocycles. The summed E-state index contributed by atoms with van der Waals surface area (Å²) in [7, 11) is 0. The van der Waals surface area contributed by atoms with Crippen LogP contribution in [-0.2, 0) is 0 Å². The summed E-state index contributed by atoms with van der Waals surface area (Å²) in [5.74, 6) is 1.91. The topological polar surface area (TPSA) is 37.8 Å². The molecular formula is C13H17N3S. The highest BCUT2D eigenvalue weighted by molar-refractivity contribution is 7.17. The predicted octanol–water partition coefficient (Wildman–Crippen LogP) is 3.68. The molecule has 1 fully saturated rings. The van der Waals surface area contributed by atoms with Crippen molar-refractivity contribution in [3.05, 3.63) is 17.8 Å². The van der Waals surface area contributed by atoms with E-state index in [0.29, 0.717) is 6.04 Å². The van der Waals surface area contributed by atoms with Crippen molar-refractivity contribution in [3.8, 4) is 0 Å². The summed E-state index contributed by atoms with van der Waals surface area (Å²) < 4.78 is 1.19. The van der Waals surface area contributed by atoms with Gasteiger partial charge in [0.1, 0.15) is 12.1 Å². The summed E-state index contributed by atoms with van der Waals surface area (Å²) >= 11 is 1.72. The summed E-state index contributed by atoms with van der Waals surface area (Å²) in [5.41, 5.74) is 1.05. The van der Waals surface area contributed by atoms with Crippen molar-refractivity contribution in [3.63, 3.8) is 0 Å². The molecule has 3 rings (SSSR count). The second-order valence-electron chi connectivity index (χ2n) is 4.96. The molecule has 0 saturated heterocycles. The van der Waals surface area contributed by atoms with Crippen molar-refractivity contribution in [2.45, 2.75) is 38.6 Å². The summed E-state index contributed by atoms with van der Waals surface area (Å²) in [4.78, 5) is 8.65. The molecule has 2 heterocycles. The van der Waals surface area contributed by atoms with E-state index in [1.165, 1.54) is 30.4 Å². The maximum absolute atomic E-state index is 4.38. The molecule has 1 aliphatic rings. The number of fused-ring (bicyclic) bond motifs is 1. The van der Waals surface area contributed by atoms with E-state index in [4.69, 9.17) is 0 Å². The van der Waals surface area contributed by atoms with E-state index in [1.54, 1.807) is 17.7 Å². The van der Waals surface area contributed by atoms with Crippen molar-refractivity contribution in [1.82, 2.24) is 9.97 Å². The van der Waals surface area contributed by atoms with Gasteiger partial charge in [0.2, 0.25) is 0 Å². The van der Waals surface area contributed by atoms with E-state index in [9.17, 15) is 0 Å². The fourth-order valence-corrected chi connectivity index (χ4v) is 3.29. The predicted molar refractivity (Wildman–Crippen MR) is 72.5 cm³/mol. The SMILES string of the molecule is CC1CCC(Nc2ncnc3ccsc23)CC1. The van der Waals surface area contributed by atoms with Gasteiger partial charge in [-0.1, -0.05) is 6.92 Å². The lowest BCUT2D eigenvalue weighted by Gasteiger charge is -2.27. The molecule has 0 amide bonds. The van der Waals surface area contributed by atoms with Crippen LogP contribution in [0.1, 0.15) is 32.6 Å². The molecule has 1 aliphatic carbocycles. The van der Waals surface area contributed by atoms with E-state index >= 15 is 0 Å². The summed E-state index contributed by atoms with van der Waals surface area (Å²) in [6.45, 7) is 2.35. The van der Waals surface area contributed by atoms with E-state index in [1.807, 2.05) is 0 Å². The Morgan fingerprint density at radius 1 is 1.24 bits per heavy atom. The quantitative estimate of drug-likeness (QED) is 0.879. The van der Waals surface area contributed by atoms with E-state index in [2.05, 4.69) is 33.7 Å². The standard InChI is InChI=1S/C13H17N3S/c1-9-2-4-10(5-3-9)16-13-12-11(6-7-17-12)14-8-15-13/h6-10H,2-5H2,1H3,(H,14,15,16). The monoisotopic (exact) mass is 247 g/mol. The smallest absolute Gasteiger partial charge is 0.147 e. The lowest BCUT2D eigenvalue weighted by Crippen LogP contribution is -2.25. The number of nitrogens with one attached hydrogen (secondary N) is 1. The minimum absolute atomic E-state index is 0.589. The van der Waals surface area contributed by atoms with Crippen LogP contribution in [0, 0.1) is 5.92 Å². The Morgan fingerprint density at radius 2 is 2.06 bits per heavy atom. The first-order chi connectivity index (χ1) is 8.33. The molecule has 17 heavy (non-hydrogen) atoms. The second-order valence-corrected chi connectivity index (χ2v) is 5.87. The van der Waals surface area contributed by atoms with Crippen molar-refractivity contribution >= 4 is 27.4 Å². The largest absolute Gasteiger partial charge is 0.366 e. The second kappa shape index (κ2) is 4.61. The Bertz CT molecular complexity index is 500. The maximum atomic E-state index is 4.38. The van der Waals surface area contributed by atoms with Crippen LogP contribution in [0.2, 0.25) is 0 Å². The van der Waals surface area contributed by atoms with Gasteiger partial charge in [-0.15, -0.1) is 11.3 Å². The van der Waals surface area contributed by atoms with Gasteiger partial charge in [0.15, 0.2) is 0 Å². The van der Waals surface area contributed by atoms with Crippen molar-refractivity contribution in [2.24, 2.45) is 5.92 Å². The molecule has 90 valence electrons. The molecule has 2 aromatic heterocycles. The number of aromatic nitrogens is 2. The maximum Gasteiger partial charge on any atom is 0.147 e. The van der Waals surface area contributed by atoms with Crippen LogP contribution in [-0.4, -0.2) is 16.0 Å². The number of hydrogen-bond acceptors (Lipinski definition) is 4. The average Bonchev–Trinajstić information content (AvgIpc) is 2.81. The molecule has 0 radical (unpaired) electrons. The molecule has 3 nitrogen and oxygen atoms in total. The molecule has 0 atom stereocenters. The highest BCUT2D eigenvalue weighted by Gasteiger charge is 2.19. The minimum Gasteiger partial charge on any atom is -0.366 e. The molecule has 4 heteroatoms. The van der Waals surface area contributed by atoms with Gasteiger partial charge in [0, 0.05) is 6.04 Å². The van der Waals surface area contributed by atoms with Gasteiger partial charge in [-0.25, -0.2) is 9.97 Å². The van der Waals surface area contributed by atoms with Gasteiger partial charge in [-0.05, 0) is 43.0 Å². The van der Waals surface area contributed by atoms with Gasteiger partial charge >= 0.3 is 0 Å². The normalized spacial score (nSPS) is 25.0. The lowest BCUT2D eigenvalue weighted by molar-refractivity contribution is 0.361. The Kier molecular flexibility index (Phi) is 2.97. The fourth-order valence-electron chi connectivity index (χ4n) is 2.49. The van der Waals surface area contributed by atoms with Crippen LogP contribution in [0.15, 0.2) is 17.8 Å². The van der Waals surface area contributed by atoms with Crippen LogP contribution in [0.3, 0.4) is 0 Å². The first-order valence-electron chi connectivity index (χ1n) is 6.27. The van der Waals surface area contributed by atoms with Crippen LogP contribution in [0.4, 0.5) is 5.82 Å². The number of hydrogen-bond donors (Lipinski definition) is 1. The molecule has 0 bridgehead atoms. The zero-order valence-corrected chi connectivity index (χ0v) is 10.8. The summed E-state index contributed by atoms with van der Waals surface area (Å²) in [6, 6.07) is 2.64. The Balaban J connectivity index is 1.78. The zero-order chi connectivity index (χ0) is 11.7. The number of thiophene rings is 1. The number of rotatable bonds is 2. The first-order valence-corrected chi connectivity index (χ1v) is 7.15. The lowest BCUT2D eigenvalue weighted by atomic mass is 9.87. The molecule has 0 spiro atoms. The Hall–Kier alpha value is -1.16. The van der Waals surface area contributed by atoms with Gasteiger partial charge in [-0.2, -0.15) is 0 Å². The van der Waals surface area contributed by atoms with E-state index in [-0.39, 0.29) is 0 Å². The van der Waals surface area contributed by atoms with E-state index in [0.717, 1.165) is 17.3 Å². The molecule has 0 aromatic carbocycles. The Morgan fingerprint density at radius 3 is 2.88 bits per heavy atom. The minimum atomic E-state index is 0.589. The van der Waals surface area contributed by atoms with Gasteiger partial charge in [0.05, 0.1) is 10.2 Å². The van der Waals surface area contributed by atoms with Crippen LogP contribution < -0.4 is 5.32 Å². The fraction of sp³-hybridized carbons (Fsp3) is 0.538. The molecule has 2 aromatic rings. The highest BCUT2D eigenvalue weighted by Crippen LogP contribution is 2.29. The van der Waals surface area contributed by atoms with Gasteiger partial charge in [-0.3, -0.25) is 0 Å². The van der Waals surface area contributed by atoms with Gasteiger partial charge in [0.25, 0.3) is 0 Å². The van der Waals surface area contributed by atoms with Crippen molar-refractivity contribution < 1.29 is 0 Å². The van der Waals surface area contributed by atoms with Crippen LogP contribution in [0.25, 0.3) is 10.2 Å². The number of nitrogens with zero attached hydrogens (tertiary/aromatic N) is 2. The average molecular weight is 247 g/mol. The van der Waals surface area contributed by atoms with Crippen LogP contribution in [0.5, 0.6) is 0 Å². The molecule has 0 unspecified atom stereocenters. The summed E-state index contributed by atoms with van der Waals surface area (Å²) in [5, 5.41) is 5.67. The van der Waals surface area contributed by atoms with Crippen LogP contribution >= 0.6 is 11.3 Å².